The van der Waals surface area contributed by atoms with Crippen LogP contribution in [-0.2, 0) is 21.5 Å². The van der Waals surface area contributed by atoms with Gasteiger partial charge in [-0.15, -0.1) is 0 Å². The van der Waals surface area contributed by atoms with Gasteiger partial charge in [0.25, 0.3) is 10.2 Å². The Morgan fingerprint density at radius 2 is 2.05 bits per heavy atom. The number of hydrogen-bond donors (Lipinski definition) is 0. The van der Waals surface area contributed by atoms with E-state index in [1.165, 1.54) is 0 Å². The molecule has 1 aromatic carbocycles. The Kier molecular flexibility index (Phi) is 4.54. The van der Waals surface area contributed by atoms with E-state index < -0.39 is 10.2 Å². The summed E-state index contributed by atoms with van der Waals surface area (Å²) in [5.74, 6) is 0. The van der Waals surface area contributed by atoms with Crippen molar-refractivity contribution in [3.8, 4) is 0 Å². The highest BCUT2D eigenvalue weighted by molar-refractivity contribution is 7.86. The third-order valence-electron chi connectivity index (χ3n) is 4.80. The van der Waals surface area contributed by atoms with Crippen LogP contribution < -0.4 is 0 Å². The molecule has 0 amide bonds. The smallest absolute Gasteiger partial charge is 0.282 e. The Balaban J connectivity index is 1.73. The molecule has 3 rings (SSSR count). The van der Waals surface area contributed by atoms with Gasteiger partial charge in [-0.25, -0.2) is 0 Å². The van der Waals surface area contributed by atoms with Crippen LogP contribution in [-0.4, -0.2) is 49.9 Å². The average molecular weight is 324 g/mol. The van der Waals surface area contributed by atoms with Crippen molar-refractivity contribution in [1.29, 1.82) is 0 Å². The van der Waals surface area contributed by atoms with Gasteiger partial charge in [0.2, 0.25) is 0 Å². The van der Waals surface area contributed by atoms with Gasteiger partial charge in [-0.1, -0.05) is 37.3 Å². The van der Waals surface area contributed by atoms with Gasteiger partial charge >= 0.3 is 0 Å². The summed E-state index contributed by atoms with van der Waals surface area (Å²) in [5, 5.41) is 0. The molecule has 2 aliphatic heterocycles. The lowest BCUT2D eigenvalue weighted by molar-refractivity contribution is 0.157. The van der Waals surface area contributed by atoms with Crippen molar-refractivity contribution in [2.45, 2.75) is 26.3 Å². The molecule has 0 aliphatic carbocycles. The van der Waals surface area contributed by atoms with Crippen molar-refractivity contribution in [2.24, 2.45) is 5.41 Å². The van der Waals surface area contributed by atoms with E-state index in [0.717, 1.165) is 25.0 Å². The van der Waals surface area contributed by atoms with E-state index in [1.807, 2.05) is 37.3 Å². The minimum absolute atomic E-state index is 0.0548. The first-order valence-corrected chi connectivity index (χ1v) is 9.32. The zero-order chi connectivity index (χ0) is 15.6. The van der Waals surface area contributed by atoms with Crippen molar-refractivity contribution in [2.75, 3.05) is 32.8 Å². The van der Waals surface area contributed by atoms with Crippen molar-refractivity contribution >= 4 is 10.2 Å². The van der Waals surface area contributed by atoms with E-state index in [1.54, 1.807) is 8.61 Å². The minimum atomic E-state index is -3.40. The van der Waals surface area contributed by atoms with Crippen LogP contribution in [0.1, 0.15) is 25.3 Å². The molecule has 0 radical (unpaired) electrons. The molecule has 0 unspecified atom stereocenters. The van der Waals surface area contributed by atoms with Gasteiger partial charge in [-0.3, -0.25) is 0 Å². The predicted octanol–water partition coefficient (Wildman–Crippen LogP) is 1.87. The molecule has 0 N–H and O–H groups in total. The molecule has 1 aromatic rings. The molecule has 2 aliphatic rings. The normalized spacial score (nSPS) is 26.3. The Morgan fingerprint density at radius 1 is 1.27 bits per heavy atom. The highest BCUT2D eigenvalue weighted by Gasteiger charge is 2.46. The van der Waals surface area contributed by atoms with E-state index >= 15 is 0 Å². The lowest BCUT2D eigenvalue weighted by Crippen LogP contribution is -2.43. The second kappa shape index (κ2) is 6.28. The monoisotopic (exact) mass is 324 g/mol. The van der Waals surface area contributed by atoms with Gasteiger partial charge in [-0.2, -0.15) is 17.0 Å². The lowest BCUT2D eigenvalue weighted by atomic mass is 9.87. The van der Waals surface area contributed by atoms with Crippen LogP contribution in [0.2, 0.25) is 0 Å². The number of rotatable bonds is 5. The molecule has 0 bridgehead atoms. The number of nitrogens with zero attached hydrogens (tertiary/aromatic N) is 2. The van der Waals surface area contributed by atoms with Gasteiger partial charge in [0.15, 0.2) is 0 Å². The van der Waals surface area contributed by atoms with Gasteiger partial charge < -0.3 is 4.74 Å². The molecule has 0 saturated carbocycles. The molecular weight excluding hydrogens is 300 g/mol. The second-order valence-corrected chi connectivity index (χ2v) is 8.23. The summed E-state index contributed by atoms with van der Waals surface area (Å²) >= 11 is 0. The summed E-state index contributed by atoms with van der Waals surface area (Å²) in [5.41, 5.74) is 1.07. The Labute approximate surface area is 133 Å². The van der Waals surface area contributed by atoms with E-state index in [0.29, 0.717) is 32.8 Å². The van der Waals surface area contributed by atoms with Crippen LogP contribution in [0.3, 0.4) is 0 Å². The maximum absolute atomic E-state index is 12.9. The first kappa shape index (κ1) is 15.9. The fourth-order valence-electron chi connectivity index (χ4n) is 3.37. The molecule has 2 saturated heterocycles. The van der Waals surface area contributed by atoms with Gasteiger partial charge in [0, 0.05) is 38.2 Å². The summed E-state index contributed by atoms with van der Waals surface area (Å²) in [4.78, 5) is 0. The third-order valence-corrected chi connectivity index (χ3v) is 6.80. The highest BCUT2D eigenvalue weighted by atomic mass is 32.2. The summed E-state index contributed by atoms with van der Waals surface area (Å²) in [6, 6.07) is 9.76. The first-order chi connectivity index (χ1) is 10.6. The molecule has 2 fully saturated rings. The van der Waals surface area contributed by atoms with Crippen LogP contribution in [0.5, 0.6) is 0 Å². The summed E-state index contributed by atoms with van der Waals surface area (Å²) in [7, 11) is -3.40. The molecule has 6 heteroatoms. The molecule has 122 valence electrons. The van der Waals surface area contributed by atoms with E-state index in [2.05, 4.69) is 0 Å². The minimum Gasteiger partial charge on any atom is -0.381 e. The lowest BCUT2D eigenvalue weighted by Gasteiger charge is -2.28. The summed E-state index contributed by atoms with van der Waals surface area (Å²) < 4.78 is 34.5. The fourth-order valence-corrected chi connectivity index (χ4v) is 5.09. The number of hydrogen-bond acceptors (Lipinski definition) is 3. The molecule has 5 nitrogen and oxygen atoms in total. The Morgan fingerprint density at radius 3 is 2.68 bits per heavy atom. The van der Waals surface area contributed by atoms with Crippen molar-refractivity contribution in [3.05, 3.63) is 35.9 Å². The third kappa shape index (κ3) is 3.06. The zero-order valence-corrected chi connectivity index (χ0v) is 13.9. The molecule has 22 heavy (non-hydrogen) atoms. The fraction of sp³-hybridized carbons (Fsp3) is 0.625. The van der Waals surface area contributed by atoms with Gasteiger partial charge in [-0.05, 0) is 18.4 Å². The van der Waals surface area contributed by atoms with Gasteiger partial charge in [0.05, 0.1) is 6.61 Å². The molecule has 1 spiro atoms. The average Bonchev–Trinajstić information content (AvgIpc) is 3.16. The van der Waals surface area contributed by atoms with Crippen LogP contribution in [0.15, 0.2) is 30.3 Å². The standard InChI is InChI=1S/C16H24N2O3S/c1-2-17(12-15-6-4-3-5-7-15)22(19,20)18-10-8-16(13-18)9-11-21-14-16/h3-7H,2,8-14H2,1H3/t16-/m1/s1. The number of benzene rings is 1. The predicted molar refractivity (Wildman–Crippen MR) is 85.5 cm³/mol. The molecular formula is C16H24N2O3S. The van der Waals surface area contributed by atoms with Crippen LogP contribution >= 0.6 is 0 Å². The quantitative estimate of drug-likeness (QED) is 0.831. The van der Waals surface area contributed by atoms with E-state index in [9.17, 15) is 8.42 Å². The van der Waals surface area contributed by atoms with Crippen molar-refractivity contribution in [3.63, 3.8) is 0 Å². The van der Waals surface area contributed by atoms with Crippen LogP contribution in [0.4, 0.5) is 0 Å². The van der Waals surface area contributed by atoms with Crippen LogP contribution in [0, 0.1) is 5.41 Å². The Hall–Kier alpha value is -0.950. The first-order valence-electron chi connectivity index (χ1n) is 7.93. The van der Waals surface area contributed by atoms with E-state index in [4.69, 9.17) is 4.74 Å². The van der Waals surface area contributed by atoms with Gasteiger partial charge in [0.1, 0.15) is 0 Å². The SMILES string of the molecule is CCN(Cc1ccccc1)S(=O)(=O)N1CC[C@@]2(CCOC2)C1. The summed E-state index contributed by atoms with van der Waals surface area (Å²) in [6.45, 7) is 5.47. The largest absolute Gasteiger partial charge is 0.381 e. The molecule has 2 heterocycles. The number of ether oxygens (including phenoxy) is 1. The van der Waals surface area contributed by atoms with E-state index in [-0.39, 0.29) is 5.41 Å². The van der Waals surface area contributed by atoms with Crippen molar-refractivity contribution in [1.82, 2.24) is 8.61 Å². The highest BCUT2D eigenvalue weighted by Crippen LogP contribution is 2.39. The van der Waals surface area contributed by atoms with Crippen molar-refractivity contribution < 1.29 is 13.2 Å². The maximum atomic E-state index is 12.9. The Bertz CT molecular complexity index is 597. The molecule has 1 atom stereocenters. The molecule has 0 aromatic heterocycles. The van der Waals surface area contributed by atoms with Crippen LogP contribution in [0.25, 0.3) is 0 Å². The second-order valence-electron chi connectivity index (χ2n) is 6.31. The zero-order valence-electron chi connectivity index (χ0n) is 13.1. The summed E-state index contributed by atoms with van der Waals surface area (Å²) in [6.07, 6.45) is 1.89. The topological polar surface area (TPSA) is 49.9 Å². The maximum Gasteiger partial charge on any atom is 0.282 e.